The van der Waals surface area contributed by atoms with Crippen molar-refractivity contribution >= 4 is 21.8 Å². The minimum absolute atomic E-state index is 0.726. The van der Waals surface area contributed by atoms with Gasteiger partial charge in [-0.25, -0.2) is 9.97 Å². The van der Waals surface area contributed by atoms with E-state index in [1.165, 1.54) is 77.6 Å². The minimum Gasteiger partial charge on any atom is -0.308 e. The molecule has 0 amide bonds. The number of aromatic nitrogens is 3. The van der Waals surface area contributed by atoms with Gasteiger partial charge < -0.3 is 4.57 Å². The third kappa shape index (κ3) is 4.41. The van der Waals surface area contributed by atoms with Crippen molar-refractivity contribution in [3.8, 4) is 39.6 Å². The summed E-state index contributed by atoms with van der Waals surface area (Å²) in [6, 6.07) is 29.5. The Morgan fingerprint density at radius 3 is 1.46 bits per heavy atom. The first kappa shape index (κ1) is 29.7. The van der Waals surface area contributed by atoms with Crippen LogP contribution in [0.5, 0.6) is 0 Å². The molecule has 0 spiro atoms. The summed E-state index contributed by atoms with van der Waals surface area (Å²) in [6.07, 6.45) is 0. The fourth-order valence-corrected chi connectivity index (χ4v) is 7.31. The number of fused-ring (bicyclic) bond motifs is 3. The molecule has 0 saturated heterocycles. The summed E-state index contributed by atoms with van der Waals surface area (Å²) in [6.45, 7) is 20.5. The highest BCUT2D eigenvalue weighted by atomic mass is 15.0. The predicted octanol–water partition coefficient (Wildman–Crippen LogP) is 11.4. The average Bonchev–Trinajstić information content (AvgIpc) is 3.44. The Hall–Kier alpha value is -5.02. The summed E-state index contributed by atoms with van der Waals surface area (Å²) in [5, 5.41) is 2.73. The Morgan fingerprint density at radius 2 is 0.913 bits per heavy atom. The van der Waals surface area contributed by atoms with Crippen molar-refractivity contribution in [2.24, 2.45) is 0 Å². The second-order valence-electron chi connectivity index (χ2n) is 12.9. The number of aryl methyl sites for hydroxylation is 5. The van der Waals surface area contributed by atoms with Gasteiger partial charge in [0.2, 0.25) is 0 Å². The van der Waals surface area contributed by atoms with E-state index >= 15 is 0 Å². The summed E-state index contributed by atoms with van der Waals surface area (Å²) >= 11 is 0. The Morgan fingerprint density at radius 1 is 0.435 bits per heavy atom. The lowest BCUT2D eigenvalue weighted by molar-refractivity contribution is 1.10. The number of benzene rings is 5. The van der Waals surface area contributed by atoms with Crippen molar-refractivity contribution in [2.75, 3.05) is 0 Å². The summed E-state index contributed by atoms with van der Waals surface area (Å²) in [4.78, 5) is 10.4. The molecular weight excluding hydrogens is 558 g/mol. The monoisotopic (exact) mass is 599 g/mol. The maximum absolute atomic E-state index is 5.29. The van der Waals surface area contributed by atoms with E-state index in [9.17, 15) is 0 Å². The van der Waals surface area contributed by atoms with Crippen LogP contribution in [-0.2, 0) is 0 Å². The third-order valence-corrected chi connectivity index (χ3v) is 10.6. The predicted molar refractivity (Wildman–Crippen MR) is 195 cm³/mol. The van der Waals surface area contributed by atoms with Crippen LogP contribution in [0.2, 0.25) is 0 Å². The standard InChI is InChI=1S/C43H41N3/c1-24-17-16-22-35(37-23-36(33-18-12-10-13-19-33)44-43(45-37)34-20-14-11-15-21-34)40(24)46-41-31(8)27(4)25(2)29(6)38(41)39-30(7)26(3)28(5)32(9)42(39)46/h10-23H,1-9H3. The Bertz CT molecular complexity index is 2190. The number of hydrogen-bond donors (Lipinski definition) is 0. The summed E-state index contributed by atoms with van der Waals surface area (Å²) in [5.74, 6) is 0.726. The highest BCUT2D eigenvalue weighted by molar-refractivity contribution is 6.16. The van der Waals surface area contributed by atoms with Crippen LogP contribution in [0.1, 0.15) is 50.1 Å². The largest absolute Gasteiger partial charge is 0.308 e. The first-order chi connectivity index (χ1) is 22.1. The molecule has 228 valence electrons. The Balaban J connectivity index is 1.66. The van der Waals surface area contributed by atoms with E-state index in [1.54, 1.807) is 0 Å². The molecule has 2 heterocycles. The number of hydrogen-bond acceptors (Lipinski definition) is 2. The van der Waals surface area contributed by atoms with E-state index in [4.69, 9.17) is 9.97 Å². The van der Waals surface area contributed by atoms with Crippen molar-refractivity contribution in [2.45, 2.75) is 62.3 Å². The first-order valence-corrected chi connectivity index (χ1v) is 16.2. The zero-order valence-corrected chi connectivity index (χ0v) is 28.4. The molecule has 0 saturated carbocycles. The molecule has 0 N–H and O–H groups in total. The molecule has 0 atom stereocenters. The van der Waals surface area contributed by atoms with Gasteiger partial charge in [-0.2, -0.15) is 0 Å². The van der Waals surface area contributed by atoms with Gasteiger partial charge in [0.05, 0.1) is 28.1 Å². The second kappa shape index (κ2) is 11.1. The van der Waals surface area contributed by atoms with E-state index in [2.05, 4.69) is 140 Å². The van der Waals surface area contributed by atoms with Crippen LogP contribution in [0.3, 0.4) is 0 Å². The lowest BCUT2D eigenvalue weighted by Crippen LogP contribution is -2.06. The SMILES string of the molecule is Cc1cccc(-c2cc(-c3ccccc3)nc(-c3ccccc3)n2)c1-n1c2c(C)c(C)c(C)c(C)c2c2c(C)c(C)c(C)c(C)c21. The first-order valence-electron chi connectivity index (χ1n) is 16.2. The summed E-state index contributed by atoms with van der Waals surface area (Å²) in [7, 11) is 0. The highest BCUT2D eigenvalue weighted by Crippen LogP contribution is 2.45. The van der Waals surface area contributed by atoms with Gasteiger partial charge in [-0.05, 0) is 118 Å². The lowest BCUT2D eigenvalue weighted by atomic mass is 9.90. The molecule has 46 heavy (non-hydrogen) atoms. The van der Waals surface area contributed by atoms with Crippen molar-refractivity contribution in [1.29, 1.82) is 0 Å². The van der Waals surface area contributed by atoms with Crippen LogP contribution in [0.25, 0.3) is 61.4 Å². The van der Waals surface area contributed by atoms with Crippen molar-refractivity contribution in [3.63, 3.8) is 0 Å². The van der Waals surface area contributed by atoms with Gasteiger partial charge in [0.1, 0.15) is 0 Å². The lowest BCUT2D eigenvalue weighted by Gasteiger charge is -2.21. The van der Waals surface area contributed by atoms with Crippen molar-refractivity contribution in [1.82, 2.24) is 14.5 Å². The van der Waals surface area contributed by atoms with E-state index in [0.717, 1.165) is 33.9 Å². The molecule has 5 aromatic carbocycles. The minimum atomic E-state index is 0.726. The normalized spacial score (nSPS) is 11.6. The van der Waals surface area contributed by atoms with Crippen molar-refractivity contribution < 1.29 is 0 Å². The zero-order chi connectivity index (χ0) is 32.4. The molecule has 7 aromatic rings. The highest BCUT2D eigenvalue weighted by Gasteiger charge is 2.26. The number of nitrogens with zero attached hydrogens (tertiary/aromatic N) is 3. The molecule has 0 bridgehead atoms. The molecule has 0 fully saturated rings. The van der Waals surface area contributed by atoms with E-state index in [1.807, 2.05) is 12.1 Å². The van der Waals surface area contributed by atoms with Crippen LogP contribution in [-0.4, -0.2) is 14.5 Å². The molecule has 0 aliphatic heterocycles. The van der Waals surface area contributed by atoms with E-state index < -0.39 is 0 Å². The van der Waals surface area contributed by atoms with E-state index in [-0.39, 0.29) is 0 Å². The maximum atomic E-state index is 5.29. The molecule has 3 heteroatoms. The Labute approximate surface area is 272 Å². The zero-order valence-electron chi connectivity index (χ0n) is 28.4. The van der Waals surface area contributed by atoms with Gasteiger partial charge in [0.25, 0.3) is 0 Å². The van der Waals surface area contributed by atoms with Gasteiger partial charge in [-0.15, -0.1) is 0 Å². The van der Waals surface area contributed by atoms with Crippen LogP contribution in [0.15, 0.2) is 84.9 Å². The molecule has 2 aromatic heterocycles. The molecule has 0 aliphatic carbocycles. The van der Waals surface area contributed by atoms with Gasteiger partial charge >= 0.3 is 0 Å². The summed E-state index contributed by atoms with van der Waals surface area (Å²) in [5.41, 5.74) is 20.8. The fourth-order valence-electron chi connectivity index (χ4n) is 7.31. The molecule has 0 unspecified atom stereocenters. The average molecular weight is 600 g/mol. The third-order valence-electron chi connectivity index (χ3n) is 10.6. The van der Waals surface area contributed by atoms with Gasteiger partial charge in [-0.3, -0.25) is 0 Å². The summed E-state index contributed by atoms with van der Waals surface area (Å²) < 4.78 is 2.57. The van der Waals surface area contributed by atoms with Crippen LogP contribution in [0.4, 0.5) is 0 Å². The topological polar surface area (TPSA) is 30.7 Å². The van der Waals surface area contributed by atoms with Crippen LogP contribution in [0, 0.1) is 62.3 Å². The quantitative estimate of drug-likeness (QED) is 0.201. The smallest absolute Gasteiger partial charge is 0.160 e. The number of para-hydroxylation sites is 1. The van der Waals surface area contributed by atoms with Crippen LogP contribution < -0.4 is 0 Å². The van der Waals surface area contributed by atoms with Gasteiger partial charge in [0.15, 0.2) is 5.82 Å². The molecule has 7 rings (SSSR count). The molecule has 3 nitrogen and oxygen atoms in total. The van der Waals surface area contributed by atoms with Crippen molar-refractivity contribution in [3.05, 3.63) is 135 Å². The molecular formula is C43H41N3. The number of rotatable bonds is 4. The fraction of sp³-hybridized carbons (Fsp3) is 0.209. The molecule has 0 aliphatic rings. The molecule has 0 radical (unpaired) electrons. The Kier molecular flexibility index (Phi) is 7.16. The van der Waals surface area contributed by atoms with Gasteiger partial charge in [0, 0.05) is 27.5 Å². The maximum Gasteiger partial charge on any atom is 0.160 e. The second-order valence-corrected chi connectivity index (χ2v) is 12.9. The van der Waals surface area contributed by atoms with E-state index in [0.29, 0.717) is 0 Å². The van der Waals surface area contributed by atoms with Gasteiger partial charge in [-0.1, -0.05) is 78.9 Å². The van der Waals surface area contributed by atoms with Crippen LogP contribution >= 0.6 is 0 Å².